The van der Waals surface area contributed by atoms with Gasteiger partial charge in [0, 0.05) is 30.3 Å². The molecule has 2 fully saturated rings. The summed E-state index contributed by atoms with van der Waals surface area (Å²) in [5.41, 5.74) is 5.63. The number of thioether (sulfide) groups is 2. The normalized spacial score (nSPS) is 29.9. The van der Waals surface area contributed by atoms with E-state index in [-0.39, 0.29) is 17.7 Å². The topological polar surface area (TPSA) is 46.3 Å². The number of rotatable bonds is 2. The van der Waals surface area contributed by atoms with Crippen molar-refractivity contribution in [3.63, 3.8) is 0 Å². The molecular weight excluding hydrogens is 264 g/mol. The molecule has 0 aromatic carbocycles. The summed E-state index contributed by atoms with van der Waals surface area (Å²) >= 11 is 3.73. The van der Waals surface area contributed by atoms with E-state index in [1.54, 1.807) is 0 Å². The van der Waals surface area contributed by atoms with Crippen molar-refractivity contribution in [3.8, 4) is 0 Å². The van der Waals surface area contributed by atoms with Crippen LogP contribution in [-0.2, 0) is 4.79 Å². The average Bonchev–Trinajstić information content (AvgIpc) is 2.78. The first kappa shape index (κ1) is 14.5. The summed E-state index contributed by atoms with van der Waals surface area (Å²) in [4.78, 5) is 14.1. The first-order valence-corrected chi connectivity index (χ1v) is 7.70. The maximum Gasteiger partial charge on any atom is 0.236 e. The molecule has 0 saturated carbocycles. The van der Waals surface area contributed by atoms with Crippen LogP contribution in [0.4, 0.5) is 0 Å². The lowest BCUT2D eigenvalue weighted by molar-refractivity contribution is -0.129. The number of carbonyl (C=O) groups excluding carboxylic acids is 1. The quantitative estimate of drug-likeness (QED) is 0.823. The van der Waals surface area contributed by atoms with Crippen LogP contribution in [0.2, 0.25) is 0 Å². The van der Waals surface area contributed by atoms with E-state index in [2.05, 4.69) is 0 Å². The van der Waals surface area contributed by atoms with Gasteiger partial charge in [-0.2, -0.15) is 11.8 Å². The van der Waals surface area contributed by atoms with Gasteiger partial charge in [0.05, 0.1) is 5.25 Å². The summed E-state index contributed by atoms with van der Waals surface area (Å²) < 4.78 is 0. The van der Waals surface area contributed by atoms with Gasteiger partial charge in [-0.25, -0.2) is 0 Å². The Morgan fingerprint density at radius 2 is 2.25 bits per heavy atom. The van der Waals surface area contributed by atoms with E-state index >= 15 is 0 Å². The highest BCUT2D eigenvalue weighted by molar-refractivity contribution is 8.07. The van der Waals surface area contributed by atoms with Gasteiger partial charge in [0.1, 0.15) is 0 Å². The molecule has 16 heavy (non-hydrogen) atoms. The van der Waals surface area contributed by atoms with Gasteiger partial charge in [-0.15, -0.1) is 24.2 Å². The molecule has 0 radical (unpaired) electrons. The van der Waals surface area contributed by atoms with E-state index in [0.29, 0.717) is 11.8 Å². The summed E-state index contributed by atoms with van der Waals surface area (Å²) in [5, 5.41) is 0.209. The summed E-state index contributed by atoms with van der Waals surface area (Å²) in [6.07, 6.45) is 1.09. The number of amides is 1. The summed E-state index contributed by atoms with van der Waals surface area (Å²) in [5.74, 6) is 4.20. The molecule has 2 heterocycles. The second kappa shape index (κ2) is 6.99. The van der Waals surface area contributed by atoms with E-state index in [1.165, 1.54) is 5.75 Å². The van der Waals surface area contributed by atoms with Crippen LogP contribution in [0.1, 0.15) is 6.42 Å². The highest BCUT2D eigenvalue weighted by Crippen LogP contribution is 2.27. The lowest BCUT2D eigenvalue weighted by Gasteiger charge is -2.25. The zero-order valence-corrected chi connectivity index (χ0v) is 11.7. The molecule has 2 N–H and O–H groups in total. The Morgan fingerprint density at radius 1 is 1.44 bits per heavy atom. The number of nitrogens with zero attached hydrogens (tertiary/aromatic N) is 1. The summed E-state index contributed by atoms with van der Waals surface area (Å²) in [7, 11) is 0. The number of halogens is 1. The minimum absolute atomic E-state index is 0. The third-order valence-corrected chi connectivity index (χ3v) is 5.76. The molecule has 0 aliphatic carbocycles. The van der Waals surface area contributed by atoms with Crippen LogP contribution in [-0.4, -0.2) is 52.9 Å². The third kappa shape index (κ3) is 3.45. The molecule has 2 aliphatic heterocycles. The van der Waals surface area contributed by atoms with Gasteiger partial charge in [-0.1, -0.05) is 0 Å². The Morgan fingerprint density at radius 3 is 2.81 bits per heavy atom. The third-order valence-electron chi connectivity index (χ3n) is 3.02. The molecule has 94 valence electrons. The van der Waals surface area contributed by atoms with E-state index in [4.69, 9.17) is 5.73 Å². The lowest BCUT2D eigenvalue weighted by atomic mass is 10.1. The molecule has 6 heteroatoms. The number of likely N-dealkylation sites (tertiary alicyclic amines) is 1. The van der Waals surface area contributed by atoms with Crippen LogP contribution < -0.4 is 5.73 Å². The van der Waals surface area contributed by atoms with Crippen molar-refractivity contribution in [2.75, 3.05) is 36.9 Å². The molecule has 2 saturated heterocycles. The van der Waals surface area contributed by atoms with Crippen LogP contribution in [0.5, 0.6) is 0 Å². The summed E-state index contributed by atoms with van der Waals surface area (Å²) in [6, 6.07) is 0. The molecule has 2 unspecified atom stereocenters. The van der Waals surface area contributed by atoms with Crippen molar-refractivity contribution in [1.82, 2.24) is 4.90 Å². The Bertz CT molecular complexity index is 237. The molecule has 0 bridgehead atoms. The number of hydrogen-bond acceptors (Lipinski definition) is 4. The first-order chi connectivity index (χ1) is 7.31. The van der Waals surface area contributed by atoms with Crippen molar-refractivity contribution in [2.45, 2.75) is 11.7 Å². The minimum Gasteiger partial charge on any atom is -0.341 e. The fourth-order valence-electron chi connectivity index (χ4n) is 2.06. The van der Waals surface area contributed by atoms with Crippen molar-refractivity contribution in [3.05, 3.63) is 0 Å². The van der Waals surface area contributed by atoms with Gasteiger partial charge < -0.3 is 10.6 Å². The van der Waals surface area contributed by atoms with Crippen molar-refractivity contribution in [1.29, 1.82) is 0 Å². The zero-order valence-electron chi connectivity index (χ0n) is 9.26. The average molecular weight is 283 g/mol. The van der Waals surface area contributed by atoms with E-state index in [0.717, 1.165) is 37.6 Å². The fourth-order valence-corrected chi connectivity index (χ4v) is 4.69. The molecule has 0 spiro atoms. The molecule has 0 aromatic heterocycles. The van der Waals surface area contributed by atoms with Gasteiger partial charge >= 0.3 is 0 Å². The Balaban J connectivity index is 0.00000128. The monoisotopic (exact) mass is 282 g/mol. The predicted molar refractivity (Wildman–Crippen MR) is 74.6 cm³/mol. The van der Waals surface area contributed by atoms with Crippen LogP contribution in [0.25, 0.3) is 0 Å². The Hall–Kier alpha value is 0.420. The smallest absolute Gasteiger partial charge is 0.236 e. The van der Waals surface area contributed by atoms with E-state index < -0.39 is 0 Å². The largest absolute Gasteiger partial charge is 0.341 e. The molecule has 2 aliphatic rings. The maximum atomic E-state index is 12.1. The van der Waals surface area contributed by atoms with Gasteiger partial charge in [-0.05, 0) is 18.9 Å². The van der Waals surface area contributed by atoms with E-state index in [1.807, 2.05) is 28.4 Å². The molecule has 0 aromatic rings. The molecule has 2 atom stereocenters. The molecule has 2 rings (SSSR count). The van der Waals surface area contributed by atoms with E-state index in [9.17, 15) is 4.79 Å². The van der Waals surface area contributed by atoms with Crippen molar-refractivity contribution < 1.29 is 4.79 Å². The highest BCUT2D eigenvalue weighted by atomic mass is 35.5. The predicted octanol–water partition coefficient (Wildman–Crippen LogP) is 1.06. The fraction of sp³-hybridized carbons (Fsp3) is 0.900. The Kier molecular flexibility index (Phi) is 6.32. The van der Waals surface area contributed by atoms with Gasteiger partial charge in [0.25, 0.3) is 0 Å². The number of carbonyl (C=O) groups is 1. The summed E-state index contributed by atoms with van der Waals surface area (Å²) in [6.45, 7) is 2.52. The zero-order chi connectivity index (χ0) is 10.7. The number of nitrogens with two attached hydrogens (primary N) is 1. The SMILES string of the molecule is Cl.NCC1CCN(C(=O)C2CSCCS2)C1. The van der Waals surface area contributed by atoms with Gasteiger partial charge in [-0.3, -0.25) is 4.79 Å². The van der Waals surface area contributed by atoms with Crippen LogP contribution >= 0.6 is 35.9 Å². The maximum absolute atomic E-state index is 12.1. The molecule has 1 amide bonds. The van der Waals surface area contributed by atoms with Crippen LogP contribution in [0, 0.1) is 5.92 Å². The minimum atomic E-state index is 0. The van der Waals surface area contributed by atoms with Crippen molar-refractivity contribution >= 4 is 41.8 Å². The highest BCUT2D eigenvalue weighted by Gasteiger charge is 2.31. The van der Waals surface area contributed by atoms with Gasteiger partial charge in [0.15, 0.2) is 0 Å². The standard InChI is InChI=1S/C10H18N2OS2.ClH/c11-5-8-1-2-12(6-8)10(13)9-7-14-3-4-15-9;/h8-9H,1-7,11H2;1H. The van der Waals surface area contributed by atoms with Crippen LogP contribution in [0.3, 0.4) is 0 Å². The second-order valence-electron chi connectivity index (χ2n) is 4.11. The van der Waals surface area contributed by atoms with Gasteiger partial charge in [0.2, 0.25) is 5.91 Å². The van der Waals surface area contributed by atoms with Crippen molar-refractivity contribution in [2.24, 2.45) is 11.7 Å². The Labute approximate surface area is 112 Å². The molecule has 3 nitrogen and oxygen atoms in total. The number of hydrogen-bond donors (Lipinski definition) is 1. The van der Waals surface area contributed by atoms with Crippen LogP contribution in [0.15, 0.2) is 0 Å². The first-order valence-electron chi connectivity index (χ1n) is 5.49. The lowest BCUT2D eigenvalue weighted by Crippen LogP contribution is -2.39. The second-order valence-corrected chi connectivity index (χ2v) is 6.57. The molecular formula is C10H19ClN2OS2.